The van der Waals surface area contributed by atoms with Gasteiger partial charge in [0.15, 0.2) is 0 Å². The van der Waals surface area contributed by atoms with E-state index in [-0.39, 0.29) is 0 Å². The molecule has 106 valence electrons. The van der Waals surface area contributed by atoms with Crippen LogP contribution in [0.3, 0.4) is 0 Å². The summed E-state index contributed by atoms with van der Waals surface area (Å²) in [6.45, 7) is 1.91. The molecular formula is C10H12F3N3O3. The van der Waals surface area contributed by atoms with Crippen LogP contribution in [-0.2, 0) is 6.18 Å². The summed E-state index contributed by atoms with van der Waals surface area (Å²) < 4.78 is 42.6. The van der Waals surface area contributed by atoms with Crippen molar-refractivity contribution in [3.63, 3.8) is 0 Å². The normalized spacial score (nSPS) is 13.1. The minimum Gasteiger partial charge on any atom is -0.482 e. The first kappa shape index (κ1) is 15.2. The predicted molar refractivity (Wildman–Crippen MR) is 59.9 cm³/mol. The molecule has 1 N–H and O–H groups in total. The molecule has 19 heavy (non-hydrogen) atoms. The number of ether oxygens (including phenoxy) is 1. The third-order valence-corrected chi connectivity index (χ3v) is 2.15. The third-order valence-electron chi connectivity index (χ3n) is 2.15. The van der Waals surface area contributed by atoms with Gasteiger partial charge < -0.3 is 10.1 Å². The second-order valence-electron chi connectivity index (χ2n) is 3.78. The molecule has 0 bridgehead atoms. The summed E-state index contributed by atoms with van der Waals surface area (Å²) in [5, 5.41) is 13.5. The van der Waals surface area contributed by atoms with Gasteiger partial charge in [-0.1, -0.05) is 0 Å². The first-order valence-electron chi connectivity index (χ1n) is 5.28. The zero-order chi connectivity index (χ0) is 14.6. The summed E-state index contributed by atoms with van der Waals surface area (Å²) in [5.41, 5.74) is -1.83. The zero-order valence-electron chi connectivity index (χ0n) is 10.2. The molecule has 1 heterocycles. The highest BCUT2D eigenvalue weighted by molar-refractivity contribution is 5.45. The summed E-state index contributed by atoms with van der Waals surface area (Å²) in [6.07, 6.45) is -4.66. The number of nitro groups is 1. The van der Waals surface area contributed by atoms with Crippen LogP contribution >= 0.6 is 0 Å². The summed E-state index contributed by atoms with van der Waals surface area (Å²) in [7, 11) is 1.63. The van der Waals surface area contributed by atoms with E-state index in [9.17, 15) is 23.3 Å². The zero-order valence-corrected chi connectivity index (χ0v) is 10.2. The molecular weight excluding hydrogens is 267 g/mol. The van der Waals surface area contributed by atoms with Crippen molar-refractivity contribution in [2.45, 2.75) is 19.2 Å². The van der Waals surface area contributed by atoms with E-state index in [1.165, 1.54) is 0 Å². The van der Waals surface area contributed by atoms with Crippen LogP contribution in [0.25, 0.3) is 0 Å². The molecule has 0 aliphatic carbocycles. The first-order chi connectivity index (χ1) is 8.75. The average molecular weight is 279 g/mol. The Morgan fingerprint density at radius 1 is 1.58 bits per heavy atom. The van der Waals surface area contributed by atoms with Crippen molar-refractivity contribution in [2.75, 3.05) is 13.6 Å². The SMILES string of the molecule is CNCC(C)Oc1cc(C(F)(F)F)ncc1[N+](=O)[O-]. The number of hydrogen-bond acceptors (Lipinski definition) is 5. The molecule has 1 unspecified atom stereocenters. The molecule has 0 spiro atoms. The number of alkyl halides is 3. The summed E-state index contributed by atoms with van der Waals surface area (Å²) in [6, 6.07) is 0.532. The standard InChI is InChI=1S/C10H12F3N3O3/c1-6(4-14-2)19-8-3-9(10(11,12)13)15-5-7(8)16(17)18/h3,5-6,14H,4H2,1-2H3. The number of hydrogen-bond donors (Lipinski definition) is 1. The Morgan fingerprint density at radius 2 is 2.21 bits per heavy atom. The molecule has 6 nitrogen and oxygen atoms in total. The fraction of sp³-hybridized carbons (Fsp3) is 0.500. The van der Waals surface area contributed by atoms with Gasteiger partial charge in [-0.25, -0.2) is 4.98 Å². The summed E-state index contributed by atoms with van der Waals surface area (Å²) in [5.74, 6) is -0.449. The third kappa shape index (κ3) is 4.05. The van der Waals surface area contributed by atoms with Crippen LogP contribution < -0.4 is 10.1 Å². The molecule has 0 aromatic carbocycles. The van der Waals surface area contributed by atoms with Crippen LogP contribution in [0.2, 0.25) is 0 Å². The molecule has 0 aliphatic rings. The Hall–Kier alpha value is -1.90. The van der Waals surface area contributed by atoms with Gasteiger partial charge in [0.1, 0.15) is 18.0 Å². The molecule has 0 saturated heterocycles. The number of rotatable bonds is 5. The van der Waals surface area contributed by atoms with Crippen molar-refractivity contribution >= 4 is 5.69 Å². The Balaban J connectivity index is 3.12. The van der Waals surface area contributed by atoms with Crippen LogP contribution in [-0.4, -0.2) is 29.6 Å². The molecule has 9 heteroatoms. The highest BCUT2D eigenvalue weighted by atomic mass is 19.4. The van der Waals surface area contributed by atoms with E-state index in [4.69, 9.17) is 4.74 Å². The van der Waals surface area contributed by atoms with Crippen molar-refractivity contribution in [3.8, 4) is 5.75 Å². The smallest absolute Gasteiger partial charge is 0.433 e. The molecule has 0 saturated carbocycles. The topological polar surface area (TPSA) is 77.3 Å². The van der Waals surface area contributed by atoms with Gasteiger partial charge in [-0.2, -0.15) is 13.2 Å². The van der Waals surface area contributed by atoms with Crippen molar-refractivity contribution < 1.29 is 22.8 Å². The van der Waals surface area contributed by atoms with E-state index in [2.05, 4.69) is 10.3 Å². The maximum atomic E-state index is 12.5. The highest BCUT2D eigenvalue weighted by Gasteiger charge is 2.35. The van der Waals surface area contributed by atoms with E-state index in [1.54, 1.807) is 14.0 Å². The van der Waals surface area contributed by atoms with E-state index < -0.39 is 34.3 Å². The number of pyridine rings is 1. The maximum absolute atomic E-state index is 12.5. The van der Waals surface area contributed by atoms with E-state index in [0.29, 0.717) is 18.8 Å². The summed E-state index contributed by atoms with van der Waals surface area (Å²) >= 11 is 0. The molecule has 0 aliphatic heterocycles. The van der Waals surface area contributed by atoms with Crippen molar-refractivity contribution in [2.24, 2.45) is 0 Å². The minimum atomic E-state index is -4.68. The lowest BCUT2D eigenvalue weighted by Crippen LogP contribution is -2.26. The van der Waals surface area contributed by atoms with Crippen molar-refractivity contribution in [1.29, 1.82) is 0 Å². The number of halogens is 3. The van der Waals surface area contributed by atoms with E-state index >= 15 is 0 Å². The molecule has 0 amide bonds. The Labute approximate surface area is 106 Å². The number of likely N-dealkylation sites (N-methyl/N-ethyl adjacent to an activating group) is 1. The maximum Gasteiger partial charge on any atom is 0.433 e. The second-order valence-corrected chi connectivity index (χ2v) is 3.78. The Morgan fingerprint density at radius 3 is 2.68 bits per heavy atom. The number of nitrogens with one attached hydrogen (secondary N) is 1. The van der Waals surface area contributed by atoms with Gasteiger partial charge in [0.05, 0.1) is 4.92 Å². The largest absolute Gasteiger partial charge is 0.482 e. The lowest BCUT2D eigenvalue weighted by molar-refractivity contribution is -0.386. The van der Waals surface area contributed by atoms with E-state index in [0.717, 1.165) is 0 Å². The van der Waals surface area contributed by atoms with Gasteiger partial charge in [0, 0.05) is 12.6 Å². The molecule has 1 atom stereocenters. The van der Waals surface area contributed by atoms with E-state index in [1.807, 2.05) is 0 Å². The molecule has 1 aromatic rings. The molecule has 1 aromatic heterocycles. The molecule has 0 fully saturated rings. The van der Waals surface area contributed by atoms with Crippen LogP contribution in [0.4, 0.5) is 18.9 Å². The highest BCUT2D eigenvalue weighted by Crippen LogP contribution is 2.34. The van der Waals surface area contributed by atoms with Gasteiger partial charge in [0.2, 0.25) is 5.75 Å². The van der Waals surface area contributed by atoms with Gasteiger partial charge >= 0.3 is 11.9 Å². The van der Waals surface area contributed by atoms with Crippen LogP contribution in [0.5, 0.6) is 5.75 Å². The van der Waals surface area contributed by atoms with Crippen LogP contribution in [0, 0.1) is 10.1 Å². The van der Waals surface area contributed by atoms with Crippen molar-refractivity contribution in [3.05, 3.63) is 28.1 Å². The Kier molecular flexibility index (Phi) is 4.65. The fourth-order valence-corrected chi connectivity index (χ4v) is 1.36. The monoisotopic (exact) mass is 279 g/mol. The summed E-state index contributed by atoms with van der Waals surface area (Å²) in [4.78, 5) is 12.9. The second kappa shape index (κ2) is 5.83. The van der Waals surface area contributed by atoms with Gasteiger partial charge in [-0.15, -0.1) is 0 Å². The molecule has 1 rings (SSSR count). The minimum absolute atomic E-state index is 0.334. The lowest BCUT2D eigenvalue weighted by atomic mass is 10.3. The van der Waals surface area contributed by atoms with Crippen LogP contribution in [0.15, 0.2) is 12.3 Å². The lowest BCUT2D eigenvalue weighted by Gasteiger charge is -2.15. The Bertz CT molecular complexity index is 465. The average Bonchev–Trinajstić information content (AvgIpc) is 2.27. The van der Waals surface area contributed by atoms with Crippen molar-refractivity contribution in [1.82, 2.24) is 10.3 Å². The van der Waals surface area contributed by atoms with Gasteiger partial charge in [-0.05, 0) is 14.0 Å². The van der Waals surface area contributed by atoms with Crippen LogP contribution in [0.1, 0.15) is 12.6 Å². The predicted octanol–water partition coefficient (Wildman–Crippen LogP) is 2.00. The molecule has 0 radical (unpaired) electrons. The van der Waals surface area contributed by atoms with Gasteiger partial charge in [0.25, 0.3) is 0 Å². The number of nitrogens with zero attached hydrogens (tertiary/aromatic N) is 2. The van der Waals surface area contributed by atoms with Gasteiger partial charge in [-0.3, -0.25) is 10.1 Å². The quantitative estimate of drug-likeness (QED) is 0.659. The first-order valence-corrected chi connectivity index (χ1v) is 5.28. The number of aromatic nitrogens is 1. The fourth-order valence-electron chi connectivity index (χ4n) is 1.36.